The van der Waals surface area contributed by atoms with E-state index in [4.69, 9.17) is 10.5 Å². The molecule has 0 fully saturated rings. The molecule has 1 aromatic heterocycles. The molecule has 4 nitrogen and oxygen atoms in total. The van der Waals surface area contributed by atoms with Crippen LogP contribution >= 0.6 is 0 Å². The molecule has 0 aliphatic carbocycles. The van der Waals surface area contributed by atoms with E-state index in [1.807, 2.05) is 6.92 Å². The van der Waals surface area contributed by atoms with E-state index >= 15 is 0 Å². The molecule has 5 heteroatoms. The summed E-state index contributed by atoms with van der Waals surface area (Å²) in [5, 5.41) is 0. The first-order chi connectivity index (χ1) is 8.69. The molecule has 2 N–H and O–H groups in total. The Morgan fingerprint density at radius 2 is 2.06 bits per heavy atom. The van der Waals surface area contributed by atoms with E-state index in [0.29, 0.717) is 17.8 Å². The summed E-state index contributed by atoms with van der Waals surface area (Å²) in [6.07, 6.45) is 0. The van der Waals surface area contributed by atoms with E-state index in [0.717, 1.165) is 5.69 Å². The summed E-state index contributed by atoms with van der Waals surface area (Å²) in [6.45, 7) is 2.25. The predicted octanol–water partition coefficient (Wildman–Crippen LogP) is 1.96. The van der Waals surface area contributed by atoms with Crippen molar-refractivity contribution in [2.75, 3.05) is 0 Å². The lowest BCUT2D eigenvalue weighted by Gasteiger charge is -2.07. The fourth-order valence-electron chi connectivity index (χ4n) is 1.53. The van der Waals surface area contributed by atoms with Crippen LogP contribution in [0.25, 0.3) is 0 Å². The van der Waals surface area contributed by atoms with E-state index in [-0.39, 0.29) is 18.4 Å². The molecule has 0 unspecified atom stereocenters. The highest BCUT2D eigenvalue weighted by atomic mass is 19.1. The summed E-state index contributed by atoms with van der Waals surface area (Å²) in [6, 6.07) is 8.45. The van der Waals surface area contributed by atoms with E-state index in [2.05, 4.69) is 9.97 Å². The van der Waals surface area contributed by atoms with Crippen molar-refractivity contribution < 1.29 is 9.13 Å². The van der Waals surface area contributed by atoms with Crippen molar-refractivity contribution in [3.63, 3.8) is 0 Å². The minimum absolute atomic E-state index is 0.0974. The van der Waals surface area contributed by atoms with Crippen molar-refractivity contribution in [3.05, 3.63) is 53.1 Å². The van der Waals surface area contributed by atoms with Gasteiger partial charge in [0.1, 0.15) is 12.4 Å². The summed E-state index contributed by atoms with van der Waals surface area (Å²) in [7, 11) is 0. The number of aryl methyl sites for hydroxylation is 1. The highest BCUT2D eigenvalue weighted by Crippen LogP contribution is 2.11. The van der Waals surface area contributed by atoms with Crippen LogP contribution in [0.3, 0.4) is 0 Å². The number of nitrogens with zero attached hydrogens (tertiary/aromatic N) is 2. The second kappa shape index (κ2) is 5.55. The number of ether oxygens (including phenoxy) is 1. The molecular formula is C13H14FN3O. The van der Waals surface area contributed by atoms with E-state index in [1.165, 1.54) is 6.07 Å². The molecule has 0 amide bonds. The van der Waals surface area contributed by atoms with Crippen LogP contribution in [0.1, 0.15) is 17.0 Å². The number of nitrogens with two attached hydrogens (primary N) is 1. The van der Waals surface area contributed by atoms with E-state index in [9.17, 15) is 4.39 Å². The van der Waals surface area contributed by atoms with Gasteiger partial charge in [-0.3, -0.25) is 0 Å². The van der Waals surface area contributed by atoms with Gasteiger partial charge in [-0.05, 0) is 19.1 Å². The zero-order valence-electron chi connectivity index (χ0n) is 10.1. The summed E-state index contributed by atoms with van der Waals surface area (Å²) in [4.78, 5) is 8.23. The molecule has 1 heterocycles. The van der Waals surface area contributed by atoms with Crippen molar-refractivity contribution >= 4 is 0 Å². The van der Waals surface area contributed by atoms with Crippen molar-refractivity contribution in [3.8, 4) is 6.01 Å². The number of aromatic nitrogens is 2. The molecule has 0 atom stereocenters. The normalized spacial score (nSPS) is 10.4. The van der Waals surface area contributed by atoms with Gasteiger partial charge in [-0.15, -0.1) is 0 Å². The zero-order chi connectivity index (χ0) is 13.0. The van der Waals surface area contributed by atoms with Crippen LogP contribution in [0.5, 0.6) is 6.01 Å². The maximum Gasteiger partial charge on any atom is 0.317 e. The Kier molecular flexibility index (Phi) is 3.84. The second-order valence-corrected chi connectivity index (χ2v) is 3.87. The molecule has 2 aromatic rings. The van der Waals surface area contributed by atoms with Gasteiger partial charge in [-0.1, -0.05) is 18.2 Å². The predicted molar refractivity (Wildman–Crippen MR) is 65.4 cm³/mol. The average molecular weight is 247 g/mol. The Morgan fingerprint density at radius 1 is 1.28 bits per heavy atom. The molecule has 2 rings (SSSR count). The molecule has 0 spiro atoms. The number of halogens is 1. The molecule has 1 aromatic carbocycles. The molecule has 0 radical (unpaired) electrons. The Hall–Kier alpha value is -2.01. The van der Waals surface area contributed by atoms with Gasteiger partial charge in [0, 0.05) is 17.8 Å². The molecule has 0 aliphatic heterocycles. The van der Waals surface area contributed by atoms with Crippen molar-refractivity contribution in [1.29, 1.82) is 0 Å². The van der Waals surface area contributed by atoms with Gasteiger partial charge in [-0.2, -0.15) is 4.98 Å². The lowest BCUT2D eigenvalue weighted by molar-refractivity contribution is 0.274. The van der Waals surface area contributed by atoms with Crippen LogP contribution < -0.4 is 10.5 Å². The monoisotopic (exact) mass is 247 g/mol. The number of hydrogen-bond donors (Lipinski definition) is 1. The Bertz CT molecular complexity index is 546. The van der Waals surface area contributed by atoms with Crippen molar-refractivity contribution in [1.82, 2.24) is 9.97 Å². The summed E-state index contributed by atoms with van der Waals surface area (Å²) in [5.41, 5.74) is 7.45. The SMILES string of the molecule is Cc1cc(CN)nc(OCc2ccccc2F)n1. The molecule has 0 bridgehead atoms. The van der Waals surface area contributed by atoms with Crippen LogP contribution in [0.2, 0.25) is 0 Å². The van der Waals surface area contributed by atoms with Gasteiger partial charge in [0.25, 0.3) is 0 Å². The lowest BCUT2D eigenvalue weighted by Crippen LogP contribution is -2.06. The van der Waals surface area contributed by atoms with Crippen LogP contribution in [-0.2, 0) is 13.2 Å². The van der Waals surface area contributed by atoms with Crippen LogP contribution in [-0.4, -0.2) is 9.97 Å². The fourth-order valence-corrected chi connectivity index (χ4v) is 1.53. The number of benzene rings is 1. The van der Waals surface area contributed by atoms with Gasteiger partial charge in [0.2, 0.25) is 0 Å². The molecule has 18 heavy (non-hydrogen) atoms. The van der Waals surface area contributed by atoms with Crippen LogP contribution in [0.4, 0.5) is 4.39 Å². The maximum absolute atomic E-state index is 13.4. The third-order valence-electron chi connectivity index (χ3n) is 2.41. The fraction of sp³-hybridized carbons (Fsp3) is 0.231. The van der Waals surface area contributed by atoms with Gasteiger partial charge >= 0.3 is 6.01 Å². The van der Waals surface area contributed by atoms with Crippen molar-refractivity contribution in [2.24, 2.45) is 5.73 Å². The first-order valence-electron chi connectivity index (χ1n) is 5.60. The quantitative estimate of drug-likeness (QED) is 0.897. The van der Waals surface area contributed by atoms with Crippen molar-refractivity contribution in [2.45, 2.75) is 20.1 Å². The first-order valence-corrected chi connectivity index (χ1v) is 5.60. The highest BCUT2D eigenvalue weighted by Gasteiger charge is 2.05. The highest BCUT2D eigenvalue weighted by molar-refractivity contribution is 5.17. The van der Waals surface area contributed by atoms with Gasteiger partial charge in [0.15, 0.2) is 0 Å². The largest absolute Gasteiger partial charge is 0.458 e. The second-order valence-electron chi connectivity index (χ2n) is 3.87. The third kappa shape index (κ3) is 3.01. The third-order valence-corrected chi connectivity index (χ3v) is 2.41. The maximum atomic E-state index is 13.4. The smallest absolute Gasteiger partial charge is 0.317 e. The van der Waals surface area contributed by atoms with Gasteiger partial charge < -0.3 is 10.5 Å². The standard InChI is InChI=1S/C13H14FN3O/c1-9-6-11(7-15)17-13(16-9)18-8-10-4-2-3-5-12(10)14/h2-6H,7-8,15H2,1H3. The molecule has 0 saturated carbocycles. The minimum Gasteiger partial charge on any atom is -0.458 e. The number of hydrogen-bond acceptors (Lipinski definition) is 4. The molecule has 0 saturated heterocycles. The summed E-state index contributed by atoms with van der Waals surface area (Å²) >= 11 is 0. The van der Waals surface area contributed by atoms with E-state index in [1.54, 1.807) is 24.3 Å². The molecule has 0 aliphatic rings. The van der Waals surface area contributed by atoms with Gasteiger partial charge in [-0.25, -0.2) is 9.37 Å². The zero-order valence-corrected chi connectivity index (χ0v) is 10.1. The Morgan fingerprint density at radius 3 is 2.78 bits per heavy atom. The molecular weight excluding hydrogens is 233 g/mol. The summed E-state index contributed by atoms with van der Waals surface area (Å²) in [5.74, 6) is -0.302. The Labute approximate surface area is 105 Å². The van der Waals surface area contributed by atoms with Gasteiger partial charge in [0.05, 0.1) is 5.69 Å². The number of rotatable bonds is 4. The lowest BCUT2D eigenvalue weighted by atomic mass is 10.2. The first kappa shape index (κ1) is 12.4. The van der Waals surface area contributed by atoms with Crippen LogP contribution in [0.15, 0.2) is 30.3 Å². The molecule has 94 valence electrons. The minimum atomic E-state index is -0.302. The average Bonchev–Trinajstić information content (AvgIpc) is 2.37. The summed E-state index contributed by atoms with van der Waals surface area (Å²) < 4.78 is 18.8. The van der Waals surface area contributed by atoms with E-state index < -0.39 is 0 Å². The Balaban J connectivity index is 2.11. The topological polar surface area (TPSA) is 61.0 Å². The van der Waals surface area contributed by atoms with Crippen LogP contribution in [0, 0.1) is 12.7 Å².